The summed E-state index contributed by atoms with van der Waals surface area (Å²) in [5.74, 6) is 0. The van der Waals surface area contributed by atoms with E-state index in [9.17, 15) is 0 Å². The zero-order valence-corrected chi connectivity index (χ0v) is 12.9. The molecule has 23 heavy (non-hydrogen) atoms. The summed E-state index contributed by atoms with van der Waals surface area (Å²) < 4.78 is 0. The average molecular weight is 316 g/mol. The summed E-state index contributed by atoms with van der Waals surface area (Å²) in [7, 11) is 0. The van der Waals surface area contributed by atoms with Gasteiger partial charge in [-0.15, -0.1) is 11.3 Å². The number of nitrogens with one attached hydrogen (secondary N) is 2. The molecular weight excluding hydrogens is 304 g/mol. The van der Waals surface area contributed by atoms with E-state index in [1.165, 1.54) is 5.39 Å². The van der Waals surface area contributed by atoms with E-state index in [4.69, 9.17) is 4.98 Å². The molecule has 0 aliphatic heterocycles. The summed E-state index contributed by atoms with van der Waals surface area (Å²) >= 11 is 1.66. The number of benzene rings is 1. The van der Waals surface area contributed by atoms with Crippen LogP contribution in [0.2, 0.25) is 0 Å². The van der Waals surface area contributed by atoms with Crippen molar-refractivity contribution in [3.8, 4) is 21.8 Å². The maximum Gasteiger partial charge on any atom is 0.137 e. The summed E-state index contributed by atoms with van der Waals surface area (Å²) in [5, 5.41) is 5.43. The maximum atomic E-state index is 4.85. The number of nitrogens with zero attached hydrogens (tertiary/aromatic N) is 2. The Hall–Kier alpha value is -2.92. The van der Waals surface area contributed by atoms with Crippen LogP contribution in [0.5, 0.6) is 0 Å². The zero-order valence-electron chi connectivity index (χ0n) is 12.1. The molecule has 0 aliphatic carbocycles. The predicted molar refractivity (Wildman–Crippen MR) is 94.5 cm³/mol. The van der Waals surface area contributed by atoms with Crippen LogP contribution in [0.15, 0.2) is 60.4 Å². The minimum atomic E-state index is 0.893. The van der Waals surface area contributed by atoms with Gasteiger partial charge >= 0.3 is 0 Å². The fourth-order valence-corrected chi connectivity index (χ4v) is 3.79. The third kappa shape index (κ3) is 1.90. The smallest absolute Gasteiger partial charge is 0.137 e. The first-order chi connectivity index (χ1) is 11.4. The standard InChI is InChI=1S/C18H12N4S/c1-2-6-15-11(4-1)14(9-20-15)18-22-16(10-23-18)13-8-21-17-12(13)5-3-7-19-17/h1-10,20H,(H,19,21). The number of fused-ring (bicyclic) bond motifs is 2. The molecule has 0 fully saturated rings. The molecule has 0 atom stereocenters. The molecular formula is C18H12N4S. The number of rotatable bonds is 2. The number of thiazole rings is 1. The van der Waals surface area contributed by atoms with Crippen LogP contribution in [-0.4, -0.2) is 19.9 Å². The second kappa shape index (κ2) is 4.79. The fraction of sp³-hybridized carbons (Fsp3) is 0. The Morgan fingerprint density at radius 1 is 0.870 bits per heavy atom. The molecule has 0 amide bonds. The first-order valence-corrected chi connectivity index (χ1v) is 8.22. The molecule has 110 valence electrons. The van der Waals surface area contributed by atoms with Gasteiger partial charge in [0.1, 0.15) is 10.7 Å². The zero-order chi connectivity index (χ0) is 15.2. The lowest BCUT2D eigenvalue weighted by Gasteiger charge is -1.95. The van der Waals surface area contributed by atoms with Crippen LogP contribution in [0.25, 0.3) is 43.8 Å². The van der Waals surface area contributed by atoms with Gasteiger partial charge in [-0.1, -0.05) is 18.2 Å². The van der Waals surface area contributed by atoms with E-state index in [1.807, 2.05) is 24.5 Å². The summed E-state index contributed by atoms with van der Waals surface area (Å²) in [6.07, 6.45) is 5.80. The van der Waals surface area contributed by atoms with Gasteiger partial charge in [-0.3, -0.25) is 0 Å². The van der Waals surface area contributed by atoms with Gasteiger partial charge in [0, 0.05) is 51.4 Å². The molecule has 0 unspecified atom stereocenters. The molecule has 0 bridgehead atoms. The molecule has 5 heteroatoms. The Morgan fingerprint density at radius 3 is 2.74 bits per heavy atom. The van der Waals surface area contributed by atoms with Crippen molar-refractivity contribution in [2.24, 2.45) is 0 Å². The van der Waals surface area contributed by atoms with Gasteiger partial charge < -0.3 is 9.97 Å². The van der Waals surface area contributed by atoms with Crippen LogP contribution in [0.3, 0.4) is 0 Å². The van der Waals surface area contributed by atoms with Crippen molar-refractivity contribution in [2.75, 3.05) is 0 Å². The quantitative estimate of drug-likeness (QED) is 0.490. The van der Waals surface area contributed by atoms with Gasteiger partial charge in [0.15, 0.2) is 0 Å². The molecule has 0 saturated heterocycles. The third-order valence-corrected chi connectivity index (χ3v) is 4.93. The van der Waals surface area contributed by atoms with E-state index >= 15 is 0 Å². The minimum absolute atomic E-state index is 0.893. The van der Waals surface area contributed by atoms with Gasteiger partial charge in [-0.2, -0.15) is 0 Å². The molecule has 0 aliphatic rings. The van der Waals surface area contributed by atoms with Gasteiger partial charge in [0.2, 0.25) is 0 Å². The molecule has 0 radical (unpaired) electrons. The lowest BCUT2D eigenvalue weighted by molar-refractivity contribution is 1.32. The first kappa shape index (κ1) is 12.6. The number of aromatic nitrogens is 4. The number of hydrogen-bond donors (Lipinski definition) is 2. The van der Waals surface area contributed by atoms with E-state index in [-0.39, 0.29) is 0 Å². The highest BCUT2D eigenvalue weighted by Crippen LogP contribution is 2.35. The Labute approximate surface area is 135 Å². The first-order valence-electron chi connectivity index (χ1n) is 7.34. The second-order valence-corrected chi connectivity index (χ2v) is 6.25. The van der Waals surface area contributed by atoms with Crippen LogP contribution in [0, 0.1) is 0 Å². The third-order valence-electron chi connectivity index (χ3n) is 4.05. The molecule has 4 nitrogen and oxygen atoms in total. The second-order valence-electron chi connectivity index (χ2n) is 5.39. The van der Waals surface area contributed by atoms with Crippen LogP contribution in [0.4, 0.5) is 0 Å². The minimum Gasteiger partial charge on any atom is -0.360 e. The summed E-state index contributed by atoms with van der Waals surface area (Å²) in [6.45, 7) is 0. The van der Waals surface area contributed by atoms with E-state index in [0.717, 1.165) is 38.4 Å². The highest BCUT2D eigenvalue weighted by Gasteiger charge is 2.13. The Bertz CT molecular complexity index is 1040. The molecule has 2 N–H and O–H groups in total. The normalized spacial score (nSPS) is 11.5. The monoisotopic (exact) mass is 316 g/mol. The number of hydrogen-bond acceptors (Lipinski definition) is 3. The van der Waals surface area contributed by atoms with Crippen molar-refractivity contribution < 1.29 is 0 Å². The highest BCUT2D eigenvalue weighted by molar-refractivity contribution is 7.13. The molecule has 4 aromatic heterocycles. The number of aromatic amines is 2. The summed E-state index contributed by atoms with van der Waals surface area (Å²) in [4.78, 5) is 15.7. The fourth-order valence-electron chi connectivity index (χ4n) is 2.94. The Kier molecular flexibility index (Phi) is 2.63. The van der Waals surface area contributed by atoms with Crippen LogP contribution in [-0.2, 0) is 0 Å². The number of H-pyrrole nitrogens is 2. The largest absolute Gasteiger partial charge is 0.360 e. The van der Waals surface area contributed by atoms with Gasteiger partial charge in [0.05, 0.1) is 5.69 Å². The van der Waals surface area contributed by atoms with E-state index in [0.29, 0.717) is 0 Å². The van der Waals surface area contributed by atoms with Crippen molar-refractivity contribution in [1.29, 1.82) is 0 Å². The lowest BCUT2D eigenvalue weighted by atomic mass is 10.1. The molecule has 4 heterocycles. The van der Waals surface area contributed by atoms with Gasteiger partial charge in [-0.25, -0.2) is 9.97 Å². The van der Waals surface area contributed by atoms with Crippen LogP contribution in [0.1, 0.15) is 0 Å². The van der Waals surface area contributed by atoms with Gasteiger partial charge in [-0.05, 0) is 18.2 Å². The number of para-hydroxylation sites is 1. The van der Waals surface area contributed by atoms with Crippen molar-refractivity contribution in [2.45, 2.75) is 0 Å². The number of pyridine rings is 1. The Balaban J connectivity index is 1.66. The van der Waals surface area contributed by atoms with Crippen molar-refractivity contribution in [3.05, 3.63) is 60.4 Å². The maximum absolute atomic E-state index is 4.85. The summed E-state index contributed by atoms with van der Waals surface area (Å²) in [6, 6.07) is 12.3. The molecule has 0 saturated carbocycles. The molecule has 5 aromatic rings. The topological polar surface area (TPSA) is 57.4 Å². The highest BCUT2D eigenvalue weighted by atomic mass is 32.1. The van der Waals surface area contributed by atoms with E-state index in [2.05, 4.69) is 44.6 Å². The molecule has 0 spiro atoms. The van der Waals surface area contributed by atoms with Crippen LogP contribution < -0.4 is 0 Å². The van der Waals surface area contributed by atoms with Crippen molar-refractivity contribution in [1.82, 2.24) is 19.9 Å². The SMILES string of the molecule is c1ccc2c(-c3nc(-c4c[nH]c5ncccc45)cs3)c[nH]c2c1. The average Bonchev–Trinajstić information content (AvgIpc) is 3.31. The lowest BCUT2D eigenvalue weighted by Crippen LogP contribution is -1.78. The molecule has 1 aromatic carbocycles. The van der Waals surface area contributed by atoms with E-state index in [1.54, 1.807) is 17.5 Å². The van der Waals surface area contributed by atoms with Crippen molar-refractivity contribution >= 4 is 33.3 Å². The summed E-state index contributed by atoms with van der Waals surface area (Å²) in [5.41, 5.74) is 5.25. The van der Waals surface area contributed by atoms with Crippen LogP contribution >= 0.6 is 11.3 Å². The predicted octanol–water partition coefficient (Wildman–Crippen LogP) is 4.83. The molecule has 5 rings (SSSR count). The van der Waals surface area contributed by atoms with E-state index < -0.39 is 0 Å². The van der Waals surface area contributed by atoms with Crippen molar-refractivity contribution in [3.63, 3.8) is 0 Å². The Morgan fingerprint density at radius 2 is 1.74 bits per heavy atom. The van der Waals surface area contributed by atoms with Gasteiger partial charge in [0.25, 0.3) is 0 Å².